The fourth-order valence-corrected chi connectivity index (χ4v) is 4.68. The van der Waals surface area contributed by atoms with Crippen LogP contribution in [0.2, 0.25) is 0 Å². The van der Waals surface area contributed by atoms with E-state index in [9.17, 15) is 18.5 Å². The number of rotatable bonds is 6. The highest BCUT2D eigenvalue weighted by Gasteiger charge is 2.26. The van der Waals surface area contributed by atoms with Gasteiger partial charge >= 0.3 is 5.69 Å². The monoisotopic (exact) mass is 466 g/mol. The number of nitro groups is 1. The molecule has 0 aromatic heterocycles. The Morgan fingerprint density at radius 2 is 1.84 bits per heavy atom. The lowest BCUT2D eigenvalue weighted by Crippen LogP contribution is -2.40. The Labute approximate surface area is 185 Å². The molecule has 1 aliphatic rings. The Morgan fingerprint density at radius 1 is 1.19 bits per heavy atom. The lowest BCUT2D eigenvalue weighted by molar-refractivity contribution is -0.385. The zero-order valence-corrected chi connectivity index (χ0v) is 18.6. The van der Waals surface area contributed by atoms with E-state index < -0.39 is 14.9 Å². The van der Waals surface area contributed by atoms with Crippen molar-refractivity contribution < 1.29 is 22.8 Å². The first-order valence-electron chi connectivity index (χ1n) is 9.31. The molecule has 2 aromatic rings. The number of thiocarbonyl (C=S) groups is 1. The second kappa shape index (κ2) is 9.56. The molecule has 12 heteroatoms. The number of methoxy groups -OCH3 is 1. The van der Waals surface area contributed by atoms with E-state index in [2.05, 4.69) is 10.6 Å². The van der Waals surface area contributed by atoms with Crippen molar-refractivity contribution >= 4 is 44.4 Å². The highest BCUT2D eigenvalue weighted by atomic mass is 32.2. The summed E-state index contributed by atoms with van der Waals surface area (Å²) < 4.78 is 37.1. The van der Waals surface area contributed by atoms with E-state index in [0.29, 0.717) is 43.2 Å². The van der Waals surface area contributed by atoms with Crippen LogP contribution in [0.4, 0.5) is 17.1 Å². The Morgan fingerprint density at radius 3 is 2.42 bits per heavy atom. The van der Waals surface area contributed by atoms with Crippen molar-refractivity contribution in [3.05, 3.63) is 52.1 Å². The minimum Gasteiger partial charge on any atom is -0.490 e. The molecule has 1 fully saturated rings. The molecule has 1 heterocycles. The summed E-state index contributed by atoms with van der Waals surface area (Å²) in [6.07, 6.45) is 0. The molecule has 166 valence electrons. The first kappa shape index (κ1) is 22.9. The van der Waals surface area contributed by atoms with Gasteiger partial charge in [-0.05, 0) is 49.0 Å². The number of hydrogen-bond acceptors (Lipinski definition) is 7. The van der Waals surface area contributed by atoms with Crippen LogP contribution in [-0.4, -0.2) is 56.2 Å². The molecule has 2 aromatic carbocycles. The third-order valence-electron chi connectivity index (χ3n) is 4.69. The molecular formula is C19H22N4O6S2. The van der Waals surface area contributed by atoms with Gasteiger partial charge in [-0.15, -0.1) is 0 Å². The van der Waals surface area contributed by atoms with E-state index in [1.165, 1.54) is 35.7 Å². The molecule has 3 rings (SSSR count). The SMILES string of the molecule is COc1cc(NC(=S)Nc2ccc(S(=O)(=O)N3CCOCC3)cc2)c(C)cc1[N+](=O)[O-]. The summed E-state index contributed by atoms with van der Waals surface area (Å²) in [6.45, 7) is 3.13. The van der Waals surface area contributed by atoms with Crippen LogP contribution < -0.4 is 15.4 Å². The molecule has 0 bridgehead atoms. The van der Waals surface area contributed by atoms with E-state index in [1.54, 1.807) is 19.1 Å². The fraction of sp³-hybridized carbons (Fsp3) is 0.316. The van der Waals surface area contributed by atoms with Gasteiger partial charge < -0.3 is 20.1 Å². The number of aryl methyl sites for hydroxylation is 1. The maximum Gasteiger partial charge on any atom is 0.311 e. The largest absolute Gasteiger partial charge is 0.490 e. The Hall–Kier alpha value is -2.80. The third kappa shape index (κ3) is 5.28. The number of nitrogens with one attached hydrogen (secondary N) is 2. The van der Waals surface area contributed by atoms with Gasteiger partial charge in [0.2, 0.25) is 10.0 Å². The molecule has 0 atom stereocenters. The number of morpholine rings is 1. The minimum absolute atomic E-state index is 0.110. The first-order chi connectivity index (χ1) is 14.7. The maximum absolute atomic E-state index is 12.7. The van der Waals surface area contributed by atoms with Crippen LogP contribution in [0, 0.1) is 17.0 Å². The number of benzene rings is 2. The maximum atomic E-state index is 12.7. The van der Waals surface area contributed by atoms with E-state index in [4.69, 9.17) is 21.7 Å². The number of hydrogen-bond donors (Lipinski definition) is 2. The summed E-state index contributed by atoms with van der Waals surface area (Å²) in [7, 11) is -2.22. The zero-order valence-electron chi connectivity index (χ0n) is 17.0. The van der Waals surface area contributed by atoms with Gasteiger partial charge in [0.1, 0.15) is 0 Å². The summed E-state index contributed by atoms with van der Waals surface area (Å²) >= 11 is 5.31. The van der Waals surface area contributed by atoms with Gasteiger partial charge in [-0.1, -0.05) is 0 Å². The molecule has 2 N–H and O–H groups in total. The highest BCUT2D eigenvalue weighted by molar-refractivity contribution is 7.89. The minimum atomic E-state index is -3.57. The number of nitrogens with zero attached hydrogens (tertiary/aromatic N) is 2. The predicted octanol–water partition coefficient (Wildman–Crippen LogP) is 2.74. The van der Waals surface area contributed by atoms with Crippen molar-refractivity contribution in [2.24, 2.45) is 0 Å². The molecule has 0 radical (unpaired) electrons. The number of ether oxygens (including phenoxy) is 2. The molecular weight excluding hydrogens is 444 g/mol. The topological polar surface area (TPSA) is 123 Å². The molecule has 0 aliphatic carbocycles. The highest BCUT2D eigenvalue weighted by Crippen LogP contribution is 2.32. The summed E-state index contributed by atoms with van der Waals surface area (Å²) in [5.74, 6) is 0.110. The van der Waals surface area contributed by atoms with E-state index in [1.807, 2.05) is 0 Å². The van der Waals surface area contributed by atoms with Gasteiger partial charge in [0.15, 0.2) is 10.9 Å². The van der Waals surface area contributed by atoms with Crippen molar-refractivity contribution in [3.8, 4) is 5.75 Å². The number of sulfonamides is 1. The molecule has 0 spiro atoms. The van der Waals surface area contributed by atoms with Crippen molar-refractivity contribution in [1.82, 2.24) is 4.31 Å². The van der Waals surface area contributed by atoms with Crippen LogP contribution in [0.3, 0.4) is 0 Å². The third-order valence-corrected chi connectivity index (χ3v) is 6.81. The molecule has 0 saturated carbocycles. The van der Waals surface area contributed by atoms with Gasteiger partial charge in [-0.2, -0.15) is 4.31 Å². The standard InChI is InChI=1S/C19H22N4O6S2/c1-13-11-17(23(24)25)18(28-2)12-16(13)21-19(30)20-14-3-5-15(6-4-14)31(26,27)22-7-9-29-10-8-22/h3-6,11-12H,7-10H2,1-2H3,(H2,20,21,30). The number of anilines is 2. The summed E-state index contributed by atoms with van der Waals surface area (Å²) in [6, 6.07) is 9.15. The van der Waals surface area contributed by atoms with Crippen LogP contribution in [0.15, 0.2) is 41.3 Å². The van der Waals surface area contributed by atoms with Crippen LogP contribution in [0.1, 0.15) is 5.56 Å². The smallest absolute Gasteiger partial charge is 0.311 e. The lowest BCUT2D eigenvalue weighted by atomic mass is 10.1. The summed E-state index contributed by atoms with van der Waals surface area (Å²) in [4.78, 5) is 10.8. The average molecular weight is 467 g/mol. The normalized spacial score (nSPS) is 14.6. The fourth-order valence-electron chi connectivity index (χ4n) is 3.04. The van der Waals surface area contributed by atoms with E-state index in [-0.39, 0.29) is 21.4 Å². The summed E-state index contributed by atoms with van der Waals surface area (Å²) in [5.41, 5.74) is 1.61. The predicted molar refractivity (Wildman–Crippen MR) is 120 cm³/mol. The molecule has 10 nitrogen and oxygen atoms in total. The van der Waals surface area contributed by atoms with Crippen molar-refractivity contribution in [2.45, 2.75) is 11.8 Å². The van der Waals surface area contributed by atoms with E-state index in [0.717, 1.165) is 0 Å². The van der Waals surface area contributed by atoms with Crippen LogP contribution in [0.5, 0.6) is 5.75 Å². The lowest BCUT2D eigenvalue weighted by Gasteiger charge is -2.26. The Kier molecular flexibility index (Phi) is 7.05. The Balaban J connectivity index is 1.69. The van der Waals surface area contributed by atoms with Gasteiger partial charge in [-0.25, -0.2) is 8.42 Å². The van der Waals surface area contributed by atoms with Gasteiger partial charge in [0, 0.05) is 36.6 Å². The molecule has 1 aliphatic heterocycles. The average Bonchev–Trinajstić information content (AvgIpc) is 2.75. The second-order valence-electron chi connectivity index (χ2n) is 6.72. The Bertz CT molecular complexity index is 1080. The molecule has 0 amide bonds. The molecule has 31 heavy (non-hydrogen) atoms. The molecule has 0 unspecified atom stereocenters. The van der Waals surface area contributed by atoms with Crippen LogP contribution in [0.25, 0.3) is 0 Å². The van der Waals surface area contributed by atoms with Crippen molar-refractivity contribution in [3.63, 3.8) is 0 Å². The van der Waals surface area contributed by atoms with Gasteiger partial charge in [0.25, 0.3) is 0 Å². The van der Waals surface area contributed by atoms with Gasteiger partial charge in [-0.3, -0.25) is 10.1 Å². The number of nitro benzene ring substituents is 1. The van der Waals surface area contributed by atoms with Crippen molar-refractivity contribution in [1.29, 1.82) is 0 Å². The van der Waals surface area contributed by atoms with Crippen molar-refractivity contribution in [2.75, 3.05) is 44.0 Å². The zero-order chi connectivity index (χ0) is 22.6. The molecule has 1 saturated heterocycles. The van der Waals surface area contributed by atoms with Crippen LogP contribution >= 0.6 is 12.2 Å². The first-order valence-corrected chi connectivity index (χ1v) is 11.2. The summed E-state index contributed by atoms with van der Waals surface area (Å²) in [5, 5.41) is 17.3. The van der Waals surface area contributed by atoms with E-state index >= 15 is 0 Å². The second-order valence-corrected chi connectivity index (χ2v) is 9.06. The van der Waals surface area contributed by atoms with Gasteiger partial charge in [0.05, 0.1) is 30.1 Å². The van der Waals surface area contributed by atoms with Crippen LogP contribution in [-0.2, 0) is 14.8 Å². The quantitative estimate of drug-likeness (QED) is 0.376.